The zero-order valence-corrected chi connectivity index (χ0v) is 23.5. The number of allylic oxidation sites excluding steroid dienone is 6. The van der Waals surface area contributed by atoms with Gasteiger partial charge < -0.3 is 10.1 Å². The van der Waals surface area contributed by atoms with E-state index in [0.29, 0.717) is 29.6 Å². The van der Waals surface area contributed by atoms with Crippen molar-refractivity contribution >= 4 is 30.0 Å². The first-order chi connectivity index (χ1) is 17.3. The van der Waals surface area contributed by atoms with Gasteiger partial charge in [-0.15, -0.1) is 0 Å². The van der Waals surface area contributed by atoms with E-state index in [-0.39, 0.29) is 17.8 Å². The molecule has 0 aliphatic heterocycles. The average molecular weight is 528 g/mol. The summed E-state index contributed by atoms with van der Waals surface area (Å²) >= 11 is 4.24. The van der Waals surface area contributed by atoms with Gasteiger partial charge in [0.25, 0.3) is 0 Å². The Balaban J connectivity index is 2.16. The first kappa shape index (κ1) is 30.0. The van der Waals surface area contributed by atoms with E-state index in [1.807, 2.05) is 39.8 Å². The van der Waals surface area contributed by atoms with Crippen LogP contribution >= 0.6 is 12.8 Å². The van der Waals surface area contributed by atoms with Gasteiger partial charge in [-0.05, 0) is 63.4 Å². The molecule has 1 fully saturated rings. The Morgan fingerprint density at radius 3 is 2.57 bits per heavy atom. The third kappa shape index (κ3) is 8.99. The van der Waals surface area contributed by atoms with E-state index in [4.69, 9.17) is 4.74 Å². The molecule has 1 saturated carbocycles. The highest BCUT2D eigenvalue weighted by Gasteiger charge is 2.44. The number of carbonyl (C=O) groups excluding carboxylic acids is 1. The van der Waals surface area contributed by atoms with E-state index in [1.54, 1.807) is 38.4 Å². The number of aliphatic imine (C=N–C) groups is 1. The van der Waals surface area contributed by atoms with Gasteiger partial charge in [0.1, 0.15) is 12.8 Å². The fourth-order valence-electron chi connectivity index (χ4n) is 3.20. The van der Waals surface area contributed by atoms with Gasteiger partial charge in [0, 0.05) is 18.5 Å². The Kier molecular flexibility index (Phi) is 10.4. The highest BCUT2D eigenvalue weighted by molar-refractivity contribution is 7.74. The lowest BCUT2D eigenvalue weighted by Crippen LogP contribution is -2.48. The number of hydrogen-bond acceptors (Lipinski definition) is 8. The summed E-state index contributed by atoms with van der Waals surface area (Å²) in [5.41, 5.74) is 5.02. The van der Waals surface area contributed by atoms with Crippen molar-refractivity contribution in [2.75, 3.05) is 6.61 Å². The van der Waals surface area contributed by atoms with Crippen molar-refractivity contribution in [1.82, 2.24) is 20.7 Å². The fourth-order valence-corrected chi connectivity index (χ4v) is 3.54. The van der Waals surface area contributed by atoms with Crippen LogP contribution in [-0.4, -0.2) is 43.6 Å². The molecule has 37 heavy (non-hydrogen) atoms. The molecule has 9 nitrogen and oxygen atoms in total. The molecule has 1 unspecified atom stereocenters. The van der Waals surface area contributed by atoms with Gasteiger partial charge in [0.2, 0.25) is 11.8 Å². The summed E-state index contributed by atoms with van der Waals surface area (Å²) in [6.45, 7) is 19.5. The predicted octanol–water partition coefficient (Wildman–Crippen LogP) is 5.09. The van der Waals surface area contributed by atoms with E-state index in [9.17, 15) is 10.0 Å². The minimum atomic E-state index is -1.04. The summed E-state index contributed by atoms with van der Waals surface area (Å²) in [6, 6.07) is -0.0247. The number of rotatable bonds is 13. The van der Waals surface area contributed by atoms with E-state index in [0.717, 1.165) is 24.0 Å². The molecule has 1 amide bonds. The van der Waals surface area contributed by atoms with Crippen molar-refractivity contribution in [3.63, 3.8) is 0 Å². The number of amides is 1. The molecule has 200 valence electrons. The summed E-state index contributed by atoms with van der Waals surface area (Å²) < 4.78 is 4.74. The summed E-state index contributed by atoms with van der Waals surface area (Å²) in [7, 11) is 0. The van der Waals surface area contributed by atoms with Gasteiger partial charge in [-0.25, -0.2) is 9.98 Å². The zero-order chi connectivity index (χ0) is 27.8. The van der Waals surface area contributed by atoms with Gasteiger partial charge >= 0.3 is 0 Å². The molecule has 10 heteroatoms. The van der Waals surface area contributed by atoms with Gasteiger partial charge in [0.15, 0.2) is 11.9 Å². The minimum absolute atomic E-state index is 0.0247. The van der Waals surface area contributed by atoms with E-state index in [2.05, 4.69) is 51.7 Å². The van der Waals surface area contributed by atoms with Crippen LogP contribution < -0.4 is 15.5 Å². The van der Waals surface area contributed by atoms with E-state index in [1.165, 1.54) is 0 Å². The highest BCUT2D eigenvalue weighted by atomic mass is 32.1. The molecule has 0 aromatic carbocycles. The summed E-state index contributed by atoms with van der Waals surface area (Å²) in [6.07, 6.45) is 12.1. The van der Waals surface area contributed by atoms with Crippen molar-refractivity contribution in [3.05, 3.63) is 72.6 Å². The van der Waals surface area contributed by atoms with E-state index >= 15 is 0 Å². The molecule has 1 heterocycles. The number of ether oxygens (including phenoxy) is 1. The number of nitrogens with zero attached hydrogens (tertiary/aromatic N) is 4. The lowest BCUT2D eigenvalue weighted by atomic mass is 9.85. The second kappa shape index (κ2) is 12.8. The number of quaternary nitrogens is 1. The molecule has 0 radical (unpaired) electrons. The number of hydrogen-bond donors (Lipinski definition) is 4. The monoisotopic (exact) mass is 527 g/mol. The van der Waals surface area contributed by atoms with Crippen LogP contribution in [0.2, 0.25) is 0 Å². The Labute approximate surface area is 225 Å². The number of carbonyl (C=O) groups is 1. The van der Waals surface area contributed by atoms with Gasteiger partial charge in [-0.2, -0.15) is 10.6 Å². The molecule has 1 aromatic rings. The SMILES string of the molecule is C=C(/C=C\C(=C/C)c1cncc(OCC)n1)NC(=O)C(C)(C)/C(C=C(C)C)=N/C(=C)N[N+](O)(S)C1CC1. The van der Waals surface area contributed by atoms with E-state index < -0.39 is 9.58 Å². The van der Waals surface area contributed by atoms with Crippen LogP contribution in [0.15, 0.2) is 71.9 Å². The Morgan fingerprint density at radius 2 is 2.00 bits per heavy atom. The molecule has 1 atom stereocenters. The topological polar surface area (TPSA) is 109 Å². The fraction of sp³-hybridized carbons (Fsp3) is 0.407. The number of hydroxylamine groups is 1. The third-order valence-electron chi connectivity index (χ3n) is 5.49. The molecule has 1 aliphatic carbocycles. The van der Waals surface area contributed by atoms with Gasteiger partial charge in [-0.1, -0.05) is 30.9 Å². The lowest BCUT2D eigenvalue weighted by Gasteiger charge is -2.26. The summed E-state index contributed by atoms with van der Waals surface area (Å²) in [5.74, 6) is 0.338. The molecule has 1 aliphatic rings. The molecule has 0 bridgehead atoms. The maximum Gasteiger partial charge on any atom is 0.236 e. The van der Waals surface area contributed by atoms with Gasteiger partial charge in [0.05, 0.1) is 35.8 Å². The number of nitrogens with one attached hydrogen (secondary N) is 2. The zero-order valence-electron chi connectivity index (χ0n) is 22.6. The van der Waals surface area contributed by atoms with Crippen molar-refractivity contribution in [1.29, 1.82) is 0 Å². The van der Waals surface area contributed by atoms with Crippen molar-refractivity contribution in [2.24, 2.45) is 10.4 Å². The second-order valence-corrected chi connectivity index (χ2v) is 10.1. The third-order valence-corrected chi connectivity index (χ3v) is 5.91. The summed E-state index contributed by atoms with van der Waals surface area (Å²) in [5, 5.41) is 13.3. The quantitative estimate of drug-likeness (QED) is 0.0936. The minimum Gasteiger partial charge on any atom is -0.477 e. The first-order valence-corrected chi connectivity index (χ1v) is 12.6. The number of thiol groups is 1. The van der Waals surface area contributed by atoms with Crippen molar-refractivity contribution in [3.8, 4) is 5.88 Å². The van der Waals surface area contributed by atoms with Crippen LogP contribution in [0.5, 0.6) is 5.88 Å². The standard InChI is InChI=1S/C27H38N6O3S/c1-9-21(23-16-28-17-25(31-23)36-10-2)12-11-19(5)29-26(34)27(7,8)24(15-18(3)4)30-20(6)32-33(35,37)22-13-14-22/h9,11-12,15-17,22,32,35,37H,5-6,10,13-14H2,1-4,7-8H3/p+1/b12-11-,21-9+,30-24+. The van der Waals surface area contributed by atoms with Crippen LogP contribution in [0.3, 0.4) is 0 Å². The highest BCUT2D eigenvalue weighted by Crippen LogP contribution is 2.32. The Bertz CT molecular complexity index is 1140. The largest absolute Gasteiger partial charge is 0.477 e. The van der Waals surface area contributed by atoms with Gasteiger partial charge in [-0.3, -0.25) is 9.78 Å². The normalized spacial score (nSPS) is 16.1. The summed E-state index contributed by atoms with van der Waals surface area (Å²) in [4.78, 5) is 26.4. The van der Waals surface area contributed by atoms with Crippen LogP contribution in [0.25, 0.3) is 5.57 Å². The molecule has 1 aromatic heterocycles. The van der Waals surface area contributed by atoms with Crippen LogP contribution in [0.1, 0.15) is 60.1 Å². The van der Waals surface area contributed by atoms with Crippen molar-refractivity contribution in [2.45, 2.75) is 60.4 Å². The van der Waals surface area contributed by atoms with Crippen molar-refractivity contribution < 1.29 is 18.9 Å². The van der Waals surface area contributed by atoms with Crippen LogP contribution in [0.4, 0.5) is 0 Å². The maximum absolute atomic E-state index is 13.3. The maximum atomic E-state index is 13.3. The number of aromatic nitrogens is 2. The molecular formula is C27H39N6O3S+. The molecule has 0 spiro atoms. The smallest absolute Gasteiger partial charge is 0.236 e. The first-order valence-electron chi connectivity index (χ1n) is 12.2. The lowest BCUT2D eigenvalue weighted by molar-refractivity contribution is -1.03. The Hall–Kier alpha value is -3.21. The predicted molar refractivity (Wildman–Crippen MR) is 150 cm³/mol. The second-order valence-electron chi connectivity index (χ2n) is 9.52. The van der Waals surface area contributed by atoms with Crippen LogP contribution in [0, 0.1) is 5.41 Å². The molecule has 3 N–H and O–H groups in total. The molecular weight excluding hydrogens is 488 g/mol. The molecule has 0 saturated heterocycles. The Morgan fingerprint density at radius 1 is 1.32 bits per heavy atom. The molecule has 2 rings (SSSR count). The van der Waals surface area contributed by atoms with Crippen LogP contribution in [-0.2, 0) is 4.79 Å². The average Bonchev–Trinajstić information content (AvgIpc) is 3.65.